The van der Waals surface area contributed by atoms with Crippen molar-refractivity contribution in [1.82, 2.24) is 0 Å². The maximum atomic E-state index is 11.0. The van der Waals surface area contributed by atoms with Gasteiger partial charge in [-0.25, -0.2) is 4.79 Å². The van der Waals surface area contributed by atoms with E-state index in [1.807, 2.05) is 18.4 Å². The van der Waals surface area contributed by atoms with E-state index in [1.165, 1.54) is 0 Å². The highest BCUT2D eigenvalue weighted by Crippen LogP contribution is 2.18. The fraction of sp³-hybridized carbons (Fsp3) is 0.444. The average molecular weight is 184 g/mol. The Morgan fingerprint density at radius 3 is 3.25 bits per heavy atom. The minimum Gasteiger partial charge on any atom is -0.463 e. The van der Waals surface area contributed by atoms with Gasteiger partial charge in [-0.05, 0) is 24.3 Å². The molecule has 0 radical (unpaired) electrons. The van der Waals surface area contributed by atoms with Crippen molar-refractivity contribution in [2.45, 2.75) is 13.3 Å². The van der Waals surface area contributed by atoms with Gasteiger partial charge >= 0.3 is 5.97 Å². The number of hydrogen-bond acceptors (Lipinski definition) is 3. The first-order chi connectivity index (χ1) is 5.83. The standard InChI is InChI=1S/C9H12O2S/c1-2-11-9(10)7-8-3-5-12-6-4-8/h3,5,7H,2,4,6H2,1H3. The van der Waals surface area contributed by atoms with Crippen LogP contribution in [0, 0.1) is 0 Å². The highest BCUT2D eigenvalue weighted by Gasteiger charge is 2.02. The lowest BCUT2D eigenvalue weighted by Gasteiger charge is -2.05. The van der Waals surface area contributed by atoms with Gasteiger partial charge in [-0.3, -0.25) is 0 Å². The number of carbonyl (C=O) groups excluding carboxylic acids is 1. The molecule has 0 amide bonds. The van der Waals surface area contributed by atoms with Crippen molar-refractivity contribution in [3.05, 3.63) is 23.1 Å². The Kier molecular flexibility index (Phi) is 3.94. The second-order valence-electron chi connectivity index (χ2n) is 2.39. The zero-order valence-electron chi connectivity index (χ0n) is 7.08. The first kappa shape index (κ1) is 9.39. The molecule has 1 rings (SSSR count). The van der Waals surface area contributed by atoms with Crippen LogP contribution in [0.25, 0.3) is 0 Å². The number of ether oxygens (including phenoxy) is 1. The molecule has 3 heteroatoms. The third-order valence-electron chi connectivity index (χ3n) is 1.48. The van der Waals surface area contributed by atoms with Crippen LogP contribution in [0.5, 0.6) is 0 Å². The summed E-state index contributed by atoms with van der Waals surface area (Å²) in [5.74, 6) is 0.825. The first-order valence-electron chi connectivity index (χ1n) is 3.98. The molecule has 1 heterocycles. The van der Waals surface area contributed by atoms with Gasteiger partial charge in [-0.2, -0.15) is 0 Å². The molecule has 12 heavy (non-hydrogen) atoms. The van der Waals surface area contributed by atoms with Gasteiger partial charge in [-0.15, -0.1) is 11.8 Å². The molecular formula is C9H12O2S. The van der Waals surface area contributed by atoms with Crippen LogP contribution >= 0.6 is 11.8 Å². The zero-order chi connectivity index (χ0) is 8.81. The predicted molar refractivity (Wildman–Crippen MR) is 50.9 cm³/mol. The highest BCUT2D eigenvalue weighted by atomic mass is 32.2. The molecule has 0 aromatic carbocycles. The molecule has 0 unspecified atom stereocenters. The smallest absolute Gasteiger partial charge is 0.331 e. The van der Waals surface area contributed by atoms with E-state index in [4.69, 9.17) is 4.74 Å². The van der Waals surface area contributed by atoms with Crippen LogP contribution in [0.4, 0.5) is 0 Å². The minimum atomic E-state index is -0.232. The summed E-state index contributed by atoms with van der Waals surface area (Å²) in [5.41, 5.74) is 1.06. The second kappa shape index (κ2) is 5.04. The molecule has 0 N–H and O–H groups in total. The summed E-state index contributed by atoms with van der Waals surface area (Å²) in [5, 5.41) is 2.01. The highest BCUT2D eigenvalue weighted by molar-refractivity contribution is 8.02. The molecule has 0 aromatic heterocycles. The Morgan fingerprint density at radius 2 is 2.67 bits per heavy atom. The summed E-state index contributed by atoms with van der Waals surface area (Å²) < 4.78 is 4.79. The monoisotopic (exact) mass is 184 g/mol. The van der Waals surface area contributed by atoms with Crippen molar-refractivity contribution in [3.8, 4) is 0 Å². The van der Waals surface area contributed by atoms with Crippen LogP contribution < -0.4 is 0 Å². The van der Waals surface area contributed by atoms with Crippen LogP contribution in [0.15, 0.2) is 23.1 Å². The average Bonchev–Trinajstić information content (AvgIpc) is 2.06. The van der Waals surface area contributed by atoms with Gasteiger partial charge in [0.2, 0.25) is 0 Å². The molecule has 0 fully saturated rings. The van der Waals surface area contributed by atoms with Crippen LogP contribution in [-0.2, 0) is 9.53 Å². The van der Waals surface area contributed by atoms with E-state index in [0.29, 0.717) is 6.61 Å². The fourth-order valence-electron chi connectivity index (χ4n) is 0.919. The SMILES string of the molecule is CCOC(=O)C=C1C=CSCC1. The molecule has 0 spiro atoms. The summed E-state index contributed by atoms with van der Waals surface area (Å²) in [7, 11) is 0. The maximum absolute atomic E-state index is 11.0. The Hall–Kier alpha value is -0.700. The topological polar surface area (TPSA) is 26.3 Å². The van der Waals surface area contributed by atoms with E-state index in [1.54, 1.807) is 17.8 Å². The van der Waals surface area contributed by atoms with Gasteiger partial charge < -0.3 is 4.74 Å². The van der Waals surface area contributed by atoms with E-state index >= 15 is 0 Å². The van der Waals surface area contributed by atoms with Gasteiger partial charge in [0.15, 0.2) is 0 Å². The van der Waals surface area contributed by atoms with Gasteiger partial charge in [0.1, 0.15) is 0 Å². The van der Waals surface area contributed by atoms with Crippen molar-refractivity contribution in [1.29, 1.82) is 0 Å². The van der Waals surface area contributed by atoms with E-state index in [-0.39, 0.29) is 5.97 Å². The molecular weight excluding hydrogens is 172 g/mol. The number of carbonyl (C=O) groups is 1. The van der Waals surface area contributed by atoms with E-state index < -0.39 is 0 Å². The Morgan fingerprint density at radius 1 is 1.83 bits per heavy atom. The molecule has 0 saturated carbocycles. The summed E-state index contributed by atoms with van der Waals surface area (Å²) >= 11 is 1.77. The minimum absolute atomic E-state index is 0.232. The van der Waals surface area contributed by atoms with Crippen molar-refractivity contribution in [2.75, 3.05) is 12.4 Å². The summed E-state index contributed by atoms with van der Waals surface area (Å²) in [6.45, 7) is 2.25. The second-order valence-corrected chi connectivity index (χ2v) is 3.41. The van der Waals surface area contributed by atoms with Gasteiger partial charge in [-0.1, -0.05) is 6.08 Å². The number of thioether (sulfide) groups is 1. The predicted octanol–water partition coefficient (Wildman–Crippen LogP) is 2.13. The zero-order valence-corrected chi connectivity index (χ0v) is 7.89. The van der Waals surface area contributed by atoms with Crippen molar-refractivity contribution >= 4 is 17.7 Å². The lowest BCUT2D eigenvalue weighted by Crippen LogP contribution is -2.01. The van der Waals surface area contributed by atoms with Crippen LogP contribution in [-0.4, -0.2) is 18.3 Å². The van der Waals surface area contributed by atoms with Crippen molar-refractivity contribution < 1.29 is 9.53 Å². The number of esters is 1. The molecule has 66 valence electrons. The Balaban J connectivity index is 2.49. The molecule has 1 aliphatic heterocycles. The molecule has 0 atom stereocenters. The normalized spacial score (nSPS) is 19.6. The molecule has 1 aliphatic rings. The Labute approximate surface area is 76.7 Å². The number of allylic oxidation sites excluding steroid dienone is 2. The van der Waals surface area contributed by atoms with Gasteiger partial charge in [0.25, 0.3) is 0 Å². The van der Waals surface area contributed by atoms with Crippen molar-refractivity contribution in [3.63, 3.8) is 0 Å². The third-order valence-corrected chi connectivity index (χ3v) is 2.25. The molecule has 2 nitrogen and oxygen atoms in total. The molecule has 0 bridgehead atoms. The van der Waals surface area contributed by atoms with E-state index in [9.17, 15) is 4.79 Å². The maximum Gasteiger partial charge on any atom is 0.331 e. The first-order valence-corrected chi connectivity index (χ1v) is 5.03. The van der Waals surface area contributed by atoms with Crippen molar-refractivity contribution in [2.24, 2.45) is 0 Å². The molecule has 0 aliphatic carbocycles. The lowest BCUT2D eigenvalue weighted by atomic mass is 10.2. The third kappa shape index (κ3) is 3.13. The number of hydrogen-bond donors (Lipinski definition) is 0. The summed E-state index contributed by atoms with van der Waals surface area (Å²) in [6.07, 6.45) is 4.49. The lowest BCUT2D eigenvalue weighted by molar-refractivity contribution is -0.137. The van der Waals surface area contributed by atoms with Gasteiger partial charge in [0, 0.05) is 11.8 Å². The summed E-state index contributed by atoms with van der Waals surface area (Å²) in [4.78, 5) is 11.0. The largest absolute Gasteiger partial charge is 0.463 e. The van der Waals surface area contributed by atoms with Crippen LogP contribution in [0.3, 0.4) is 0 Å². The molecule has 0 saturated heterocycles. The van der Waals surface area contributed by atoms with E-state index in [0.717, 1.165) is 17.7 Å². The van der Waals surface area contributed by atoms with Crippen LogP contribution in [0.2, 0.25) is 0 Å². The Bertz CT molecular complexity index is 219. The fourth-order valence-corrected chi connectivity index (χ4v) is 1.68. The summed E-state index contributed by atoms with van der Waals surface area (Å²) in [6, 6.07) is 0. The van der Waals surface area contributed by atoms with Gasteiger partial charge in [0.05, 0.1) is 6.61 Å². The van der Waals surface area contributed by atoms with E-state index in [2.05, 4.69) is 0 Å². The number of rotatable bonds is 2. The molecule has 0 aromatic rings. The van der Waals surface area contributed by atoms with Crippen LogP contribution in [0.1, 0.15) is 13.3 Å². The quantitative estimate of drug-likeness (QED) is 0.486.